The van der Waals surface area contributed by atoms with Gasteiger partial charge in [-0.15, -0.1) is 0 Å². The van der Waals surface area contributed by atoms with Crippen LogP contribution >= 0.6 is 0 Å². The van der Waals surface area contributed by atoms with Crippen molar-refractivity contribution in [1.82, 2.24) is 5.32 Å². The molecule has 0 aliphatic carbocycles. The Kier molecular flexibility index (Phi) is 5.15. The number of halogens is 1. The quantitative estimate of drug-likeness (QED) is 0.863. The van der Waals surface area contributed by atoms with Gasteiger partial charge in [-0.05, 0) is 51.5 Å². The molecule has 3 heteroatoms. The third-order valence-electron chi connectivity index (χ3n) is 3.12. The second kappa shape index (κ2) is 6.19. The van der Waals surface area contributed by atoms with Crippen molar-refractivity contribution < 1.29 is 4.39 Å². The van der Waals surface area contributed by atoms with Crippen LogP contribution in [0.15, 0.2) is 24.3 Å². The van der Waals surface area contributed by atoms with Crippen molar-refractivity contribution in [3.63, 3.8) is 0 Å². The maximum absolute atomic E-state index is 12.9. The molecule has 0 bridgehead atoms. The zero-order valence-electron chi connectivity index (χ0n) is 12.1. The number of hydrogen-bond acceptors (Lipinski definition) is 2. The molecule has 0 saturated carbocycles. The summed E-state index contributed by atoms with van der Waals surface area (Å²) in [5.74, 6) is -0.187. The Morgan fingerprint density at radius 2 is 1.78 bits per heavy atom. The molecular weight excluding hydrogens is 227 g/mol. The zero-order chi connectivity index (χ0) is 13.8. The maximum atomic E-state index is 12.9. The summed E-state index contributed by atoms with van der Waals surface area (Å²) in [6.07, 6.45) is 1.05. The van der Waals surface area contributed by atoms with E-state index in [4.69, 9.17) is 0 Å². The lowest BCUT2D eigenvalue weighted by atomic mass is 10.1. The van der Waals surface area contributed by atoms with Crippen LogP contribution in [0.1, 0.15) is 34.1 Å². The Morgan fingerprint density at radius 1 is 1.22 bits per heavy atom. The van der Waals surface area contributed by atoms with Crippen molar-refractivity contribution in [3.05, 3.63) is 30.1 Å². The summed E-state index contributed by atoms with van der Waals surface area (Å²) in [6.45, 7) is 9.59. The smallest absolute Gasteiger partial charge is 0.123 e. The van der Waals surface area contributed by atoms with E-state index >= 15 is 0 Å². The van der Waals surface area contributed by atoms with Crippen molar-refractivity contribution in [2.24, 2.45) is 0 Å². The van der Waals surface area contributed by atoms with Crippen molar-refractivity contribution in [1.29, 1.82) is 0 Å². The summed E-state index contributed by atoms with van der Waals surface area (Å²) < 4.78 is 12.9. The second-order valence-corrected chi connectivity index (χ2v) is 5.78. The highest BCUT2D eigenvalue weighted by atomic mass is 19.1. The molecule has 0 heterocycles. The van der Waals surface area contributed by atoms with Gasteiger partial charge in [0, 0.05) is 30.9 Å². The van der Waals surface area contributed by atoms with Gasteiger partial charge >= 0.3 is 0 Å². The molecule has 0 aliphatic rings. The monoisotopic (exact) mass is 252 g/mol. The van der Waals surface area contributed by atoms with Crippen LogP contribution in [0.25, 0.3) is 0 Å². The molecule has 0 saturated heterocycles. The first kappa shape index (κ1) is 15.0. The van der Waals surface area contributed by atoms with Gasteiger partial charge in [0.2, 0.25) is 0 Å². The maximum Gasteiger partial charge on any atom is 0.123 e. The molecule has 1 rings (SSSR count). The van der Waals surface area contributed by atoms with E-state index in [2.05, 4.69) is 45.0 Å². The SMILES string of the molecule is CCC(CNC(C)(C)C)N(C)c1ccc(F)cc1. The number of anilines is 1. The Bertz CT molecular complexity index is 354. The molecular formula is C15H25FN2. The molecule has 1 aromatic carbocycles. The average molecular weight is 252 g/mol. The highest BCUT2D eigenvalue weighted by Crippen LogP contribution is 2.17. The van der Waals surface area contributed by atoms with E-state index in [1.807, 2.05) is 12.1 Å². The summed E-state index contributed by atoms with van der Waals surface area (Å²) in [6, 6.07) is 7.09. The fourth-order valence-corrected chi connectivity index (χ4v) is 1.87. The standard InChI is InChI=1S/C15H25FN2/c1-6-13(11-17-15(2,3)4)18(5)14-9-7-12(16)8-10-14/h7-10,13,17H,6,11H2,1-5H3. The normalized spacial score (nSPS) is 13.4. The van der Waals surface area contributed by atoms with Crippen LogP contribution in [0.4, 0.5) is 10.1 Å². The van der Waals surface area contributed by atoms with E-state index in [1.54, 1.807) is 0 Å². The van der Waals surface area contributed by atoms with Crippen LogP contribution in [0.5, 0.6) is 0 Å². The fourth-order valence-electron chi connectivity index (χ4n) is 1.87. The molecule has 0 amide bonds. The molecule has 102 valence electrons. The number of nitrogens with one attached hydrogen (secondary N) is 1. The van der Waals surface area contributed by atoms with Gasteiger partial charge < -0.3 is 10.2 Å². The molecule has 1 aromatic rings. The Morgan fingerprint density at radius 3 is 2.22 bits per heavy atom. The first-order valence-electron chi connectivity index (χ1n) is 6.57. The van der Waals surface area contributed by atoms with Crippen LogP contribution in [-0.2, 0) is 0 Å². The molecule has 0 aromatic heterocycles. The predicted octanol–water partition coefficient (Wildman–Crippen LogP) is 3.43. The van der Waals surface area contributed by atoms with Gasteiger partial charge in [-0.1, -0.05) is 6.92 Å². The minimum Gasteiger partial charge on any atom is -0.370 e. The van der Waals surface area contributed by atoms with Crippen LogP contribution in [0.2, 0.25) is 0 Å². The Hall–Kier alpha value is -1.09. The van der Waals surface area contributed by atoms with E-state index in [1.165, 1.54) is 12.1 Å². The zero-order valence-corrected chi connectivity index (χ0v) is 12.1. The van der Waals surface area contributed by atoms with Crippen molar-refractivity contribution in [2.75, 3.05) is 18.5 Å². The van der Waals surface area contributed by atoms with E-state index < -0.39 is 0 Å². The van der Waals surface area contributed by atoms with Gasteiger partial charge in [-0.2, -0.15) is 0 Å². The molecule has 18 heavy (non-hydrogen) atoms. The van der Waals surface area contributed by atoms with Gasteiger partial charge in [-0.3, -0.25) is 0 Å². The average Bonchev–Trinajstić information content (AvgIpc) is 2.29. The van der Waals surface area contributed by atoms with Gasteiger partial charge in [0.25, 0.3) is 0 Å². The van der Waals surface area contributed by atoms with E-state index in [-0.39, 0.29) is 11.4 Å². The minimum atomic E-state index is -0.187. The highest BCUT2D eigenvalue weighted by molar-refractivity contribution is 5.46. The summed E-state index contributed by atoms with van der Waals surface area (Å²) in [5.41, 5.74) is 1.18. The lowest BCUT2D eigenvalue weighted by Crippen LogP contribution is -2.46. The van der Waals surface area contributed by atoms with Gasteiger partial charge in [0.05, 0.1) is 0 Å². The van der Waals surface area contributed by atoms with Crippen LogP contribution < -0.4 is 10.2 Å². The Balaban J connectivity index is 2.67. The fraction of sp³-hybridized carbons (Fsp3) is 0.600. The third-order valence-corrected chi connectivity index (χ3v) is 3.12. The summed E-state index contributed by atoms with van der Waals surface area (Å²) >= 11 is 0. The second-order valence-electron chi connectivity index (χ2n) is 5.78. The largest absolute Gasteiger partial charge is 0.370 e. The predicted molar refractivity (Wildman–Crippen MR) is 76.6 cm³/mol. The van der Waals surface area contributed by atoms with E-state index in [0.717, 1.165) is 18.7 Å². The number of likely N-dealkylation sites (N-methyl/N-ethyl adjacent to an activating group) is 1. The van der Waals surface area contributed by atoms with E-state index in [0.29, 0.717) is 6.04 Å². The minimum absolute atomic E-state index is 0.122. The van der Waals surface area contributed by atoms with E-state index in [9.17, 15) is 4.39 Å². The summed E-state index contributed by atoms with van der Waals surface area (Å²) in [4.78, 5) is 2.21. The van der Waals surface area contributed by atoms with Crippen molar-refractivity contribution in [2.45, 2.75) is 45.7 Å². The molecule has 0 radical (unpaired) electrons. The van der Waals surface area contributed by atoms with Crippen molar-refractivity contribution >= 4 is 5.69 Å². The van der Waals surface area contributed by atoms with Crippen molar-refractivity contribution in [3.8, 4) is 0 Å². The molecule has 0 spiro atoms. The number of rotatable bonds is 5. The molecule has 2 nitrogen and oxygen atoms in total. The van der Waals surface area contributed by atoms with Crippen LogP contribution in [0.3, 0.4) is 0 Å². The van der Waals surface area contributed by atoms with Gasteiger partial charge in [0.1, 0.15) is 5.82 Å². The number of benzene rings is 1. The summed E-state index contributed by atoms with van der Waals surface area (Å²) in [5, 5.41) is 3.52. The first-order valence-corrected chi connectivity index (χ1v) is 6.57. The molecule has 1 unspecified atom stereocenters. The summed E-state index contributed by atoms with van der Waals surface area (Å²) in [7, 11) is 2.06. The number of hydrogen-bond donors (Lipinski definition) is 1. The third kappa shape index (κ3) is 4.65. The first-order chi connectivity index (χ1) is 8.33. The van der Waals surface area contributed by atoms with Crippen LogP contribution in [0, 0.1) is 5.82 Å². The van der Waals surface area contributed by atoms with Crippen LogP contribution in [-0.4, -0.2) is 25.2 Å². The lowest BCUT2D eigenvalue weighted by Gasteiger charge is -2.32. The Labute approximate surface area is 110 Å². The molecule has 1 N–H and O–H groups in total. The lowest BCUT2D eigenvalue weighted by molar-refractivity contribution is 0.397. The van der Waals surface area contributed by atoms with Gasteiger partial charge in [0.15, 0.2) is 0 Å². The number of nitrogens with zero attached hydrogens (tertiary/aromatic N) is 1. The van der Waals surface area contributed by atoms with Gasteiger partial charge in [-0.25, -0.2) is 4.39 Å². The molecule has 1 atom stereocenters. The topological polar surface area (TPSA) is 15.3 Å². The molecule has 0 aliphatic heterocycles. The highest BCUT2D eigenvalue weighted by Gasteiger charge is 2.16. The molecule has 0 fully saturated rings.